The largest absolute Gasteiger partial charge is 0.334 e. The molecule has 0 aliphatic carbocycles. The summed E-state index contributed by atoms with van der Waals surface area (Å²) < 4.78 is 2.02. The molecule has 0 fully saturated rings. The molecule has 2 rings (SSSR count). The van der Waals surface area contributed by atoms with Gasteiger partial charge in [-0.05, 0) is 20.3 Å². The van der Waals surface area contributed by atoms with Gasteiger partial charge in [-0.2, -0.15) is 0 Å². The molecule has 0 aromatic carbocycles. The molecule has 0 saturated carbocycles. The van der Waals surface area contributed by atoms with Gasteiger partial charge < -0.3 is 9.47 Å². The Labute approximate surface area is 102 Å². The predicted octanol–water partition coefficient (Wildman–Crippen LogP) is 1.71. The molecule has 1 aliphatic rings. The number of nitrogens with zero attached hydrogens (tertiary/aromatic N) is 4. The van der Waals surface area contributed by atoms with Gasteiger partial charge in [0, 0.05) is 13.5 Å². The molecule has 0 unspecified atom stereocenters. The molecule has 1 aromatic rings. The minimum atomic E-state index is -0.173. The third-order valence-corrected chi connectivity index (χ3v) is 3.59. The molecule has 17 heavy (non-hydrogen) atoms. The van der Waals surface area contributed by atoms with Crippen molar-refractivity contribution in [1.82, 2.24) is 19.7 Å². The topological polar surface area (TPSA) is 51.0 Å². The Hall–Kier alpha value is -1.39. The Morgan fingerprint density at radius 1 is 1.24 bits per heavy atom. The fraction of sp³-hybridized carbons (Fsp3) is 0.750. The van der Waals surface area contributed by atoms with Gasteiger partial charge in [-0.3, -0.25) is 4.79 Å². The summed E-state index contributed by atoms with van der Waals surface area (Å²) in [5.41, 5.74) is 0. The van der Waals surface area contributed by atoms with Crippen molar-refractivity contribution in [1.29, 1.82) is 0 Å². The van der Waals surface area contributed by atoms with Crippen molar-refractivity contribution in [2.75, 3.05) is 7.05 Å². The molecule has 0 radical (unpaired) electrons. The highest BCUT2D eigenvalue weighted by molar-refractivity contribution is 5.81. The molecule has 5 nitrogen and oxygen atoms in total. The highest BCUT2D eigenvalue weighted by Crippen LogP contribution is 2.29. The lowest BCUT2D eigenvalue weighted by Gasteiger charge is -2.34. The van der Waals surface area contributed by atoms with E-state index in [0.717, 1.165) is 30.9 Å². The van der Waals surface area contributed by atoms with E-state index in [1.165, 1.54) is 0 Å². The Balaban J connectivity index is 2.38. The van der Waals surface area contributed by atoms with Crippen LogP contribution in [0, 0.1) is 0 Å². The summed E-state index contributed by atoms with van der Waals surface area (Å²) in [5, 5.41) is 8.48. The first kappa shape index (κ1) is 12.1. The first-order chi connectivity index (χ1) is 8.07. The van der Waals surface area contributed by atoms with Crippen LogP contribution in [0.4, 0.5) is 0 Å². The zero-order valence-corrected chi connectivity index (χ0v) is 11.0. The van der Waals surface area contributed by atoms with Crippen LogP contribution in [0.1, 0.15) is 57.3 Å². The average molecular weight is 236 g/mol. The number of unbranched alkanes of at least 4 members (excludes halogenated alkanes) is 1. The monoisotopic (exact) mass is 236 g/mol. The van der Waals surface area contributed by atoms with E-state index < -0.39 is 0 Å². The van der Waals surface area contributed by atoms with Crippen molar-refractivity contribution in [2.45, 2.75) is 52.1 Å². The van der Waals surface area contributed by atoms with Gasteiger partial charge in [0.05, 0.1) is 6.04 Å². The van der Waals surface area contributed by atoms with Crippen LogP contribution in [-0.2, 0) is 11.2 Å². The number of amides is 1. The van der Waals surface area contributed by atoms with Crippen molar-refractivity contribution >= 4 is 5.91 Å². The van der Waals surface area contributed by atoms with Crippen LogP contribution in [0.15, 0.2) is 0 Å². The quantitative estimate of drug-likeness (QED) is 0.803. The Kier molecular flexibility index (Phi) is 3.17. The third kappa shape index (κ3) is 1.83. The van der Waals surface area contributed by atoms with Crippen LogP contribution >= 0.6 is 0 Å². The number of likely N-dealkylation sites (N-methyl/N-ethyl adjacent to an activating group) is 1. The molecule has 0 bridgehead atoms. The second-order valence-electron chi connectivity index (χ2n) is 4.75. The van der Waals surface area contributed by atoms with Crippen molar-refractivity contribution < 1.29 is 4.79 Å². The number of rotatable bonds is 3. The maximum Gasteiger partial charge on any atom is 0.245 e. The average Bonchev–Trinajstić information content (AvgIpc) is 2.75. The fourth-order valence-electron chi connectivity index (χ4n) is 2.32. The van der Waals surface area contributed by atoms with Gasteiger partial charge in [0.15, 0.2) is 5.82 Å². The number of aromatic nitrogens is 3. The van der Waals surface area contributed by atoms with E-state index in [-0.39, 0.29) is 18.0 Å². The maximum atomic E-state index is 12.1. The summed E-state index contributed by atoms with van der Waals surface area (Å²) in [6.07, 6.45) is 3.11. The van der Waals surface area contributed by atoms with Crippen molar-refractivity contribution in [3.63, 3.8) is 0 Å². The van der Waals surface area contributed by atoms with Gasteiger partial charge in [-0.15, -0.1) is 10.2 Å². The summed E-state index contributed by atoms with van der Waals surface area (Å²) in [5.74, 6) is 2.00. The first-order valence-electron chi connectivity index (χ1n) is 6.28. The van der Waals surface area contributed by atoms with Crippen molar-refractivity contribution in [3.8, 4) is 0 Å². The molecule has 1 aromatic heterocycles. The van der Waals surface area contributed by atoms with Crippen molar-refractivity contribution in [3.05, 3.63) is 11.6 Å². The zero-order valence-electron chi connectivity index (χ0n) is 11.0. The van der Waals surface area contributed by atoms with E-state index in [1.54, 1.807) is 4.90 Å². The SMILES string of the molecule is CCCCc1nnc2n1[C@@H](C)C(=O)N(C)[C@H]2C. The van der Waals surface area contributed by atoms with E-state index in [0.29, 0.717) is 0 Å². The van der Waals surface area contributed by atoms with Crippen LogP contribution in [0.2, 0.25) is 0 Å². The standard InChI is InChI=1S/C12H20N4O/c1-5-6-7-10-13-14-11-8(2)15(4)12(17)9(3)16(10)11/h8-9H,5-7H2,1-4H3/t8-,9-/m0/s1. The molecule has 0 spiro atoms. The number of fused-ring (bicyclic) bond motifs is 1. The Morgan fingerprint density at radius 3 is 2.59 bits per heavy atom. The summed E-state index contributed by atoms with van der Waals surface area (Å²) in [7, 11) is 1.83. The van der Waals surface area contributed by atoms with Crippen LogP contribution in [0.3, 0.4) is 0 Å². The van der Waals surface area contributed by atoms with Crippen LogP contribution < -0.4 is 0 Å². The second kappa shape index (κ2) is 4.47. The Morgan fingerprint density at radius 2 is 1.94 bits per heavy atom. The number of carbonyl (C=O) groups is 1. The highest BCUT2D eigenvalue weighted by atomic mass is 16.2. The van der Waals surface area contributed by atoms with E-state index in [2.05, 4.69) is 17.1 Å². The molecule has 0 saturated heterocycles. The molecular weight excluding hydrogens is 216 g/mol. The summed E-state index contributed by atoms with van der Waals surface area (Å²) in [6.45, 7) is 6.07. The smallest absolute Gasteiger partial charge is 0.245 e. The van der Waals surface area contributed by atoms with Crippen LogP contribution in [-0.4, -0.2) is 32.6 Å². The zero-order chi connectivity index (χ0) is 12.6. The lowest BCUT2D eigenvalue weighted by molar-refractivity contribution is -0.137. The predicted molar refractivity (Wildman–Crippen MR) is 64.5 cm³/mol. The number of carbonyl (C=O) groups excluding carboxylic acids is 1. The van der Waals surface area contributed by atoms with Crippen molar-refractivity contribution in [2.24, 2.45) is 0 Å². The molecule has 5 heteroatoms. The molecule has 2 heterocycles. The van der Waals surface area contributed by atoms with Gasteiger partial charge >= 0.3 is 0 Å². The lowest BCUT2D eigenvalue weighted by atomic mass is 10.1. The van der Waals surface area contributed by atoms with Gasteiger partial charge in [0.1, 0.15) is 11.9 Å². The van der Waals surface area contributed by atoms with Gasteiger partial charge in [0.2, 0.25) is 5.91 Å². The summed E-state index contributed by atoms with van der Waals surface area (Å²) in [4.78, 5) is 13.8. The first-order valence-corrected chi connectivity index (χ1v) is 6.28. The van der Waals surface area contributed by atoms with E-state index in [1.807, 2.05) is 25.5 Å². The second-order valence-corrected chi connectivity index (χ2v) is 4.75. The molecule has 1 aliphatic heterocycles. The third-order valence-electron chi connectivity index (χ3n) is 3.59. The molecule has 2 atom stereocenters. The maximum absolute atomic E-state index is 12.1. The molecular formula is C12H20N4O. The normalized spacial score (nSPS) is 24.0. The van der Waals surface area contributed by atoms with Gasteiger partial charge in [-0.25, -0.2) is 0 Å². The molecule has 94 valence electrons. The van der Waals surface area contributed by atoms with Gasteiger partial charge in [0.25, 0.3) is 0 Å². The molecule has 0 N–H and O–H groups in total. The highest BCUT2D eigenvalue weighted by Gasteiger charge is 2.35. The lowest BCUT2D eigenvalue weighted by Crippen LogP contribution is -2.42. The summed E-state index contributed by atoms with van der Waals surface area (Å²) >= 11 is 0. The van der Waals surface area contributed by atoms with E-state index in [9.17, 15) is 4.79 Å². The number of hydrogen-bond donors (Lipinski definition) is 0. The van der Waals surface area contributed by atoms with E-state index >= 15 is 0 Å². The Bertz CT molecular complexity index is 426. The minimum absolute atomic E-state index is 0.0153. The number of aryl methyl sites for hydroxylation is 1. The van der Waals surface area contributed by atoms with E-state index in [4.69, 9.17) is 0 Å². The summed E-state index contributed by atoms with van der Waals surface area (Å²) in [6, 6.07) is -0.158. The fourth-order valence-corrected chi connectivity index (χ4v) is 2.32. The molecule has 1 amide bonds. The van der Waals surface area contributed by atoms with Crippen LogP contribution in [0.5, 0.6) is 0 Å². The minimum Gasteiger partial charge on any atom is -0.334 e. The van der Waals surface area contributed by atoms with Gasteiger partial charge in [-0.1, -0.05) is 13.3 Å². The number of hydrogen-bond acceptors (Lipinski definition) is 3. The van der Waals surface area contributed by atoms with Crippen LogP contribution in [0.25, 0.3) is 0 Å².